The second-order valence-corrected chi connectivity index (χ2v) is 6.76. The Bertz CT molecular complexity index is 1150. The molecule has 5 nitrogen and oxygen atoms in total. The largest absolute Gasteiger partial charge is 0.490 e. The first kappa shape index (κ1) is 17.4. The van der Waals surface area contributed by atoms with Gasteiger partial charge in [-0.25, -0.2) is 0 Å². The van der Waals surface area contributed by atoms with Gasteiger partial charge in [-0.05, 0) is 42.3 Å². The molecule has 1 aromatic heterocycles. The number of carbonyl (C=O) groups is 1. The first-order valence-corrected chi connectivity index (χ1v) is 8.78. The van der Waals surface area contributed by atoms with Gasteiger partial charge in [0.05, 0.1) is 17.0 Å². The molecule has 1 unspecified atom stereocenters. The molecule has 0 saturated carbocycles. The maximum absolute atomic E-state index is 13.1. The van der Waals surface area contributed by atoms with E-state index in [1.54, 1.807) is 36.4 Å². The van der Waals surface area contributed by atoms with E-state index in [0.717, 1.165) is 11.1 Å². The Morgan fingerprint density at radius 2 is 2.11 bits per heavy atom. The van der Waals surface area contributed by atoms with Crippen molar-refractivity contribution in [2.75, 3.05) is 6.61 Å². The second-order valence-electron chi connectivity index (χ2n) is 6.35. The van der Waals surface area contributed by atoms with Crippen LogP contribution in [0.1, 0.15) is 33.3 Å². The van der Waals surface area contributed by atoms with Gasteiger partial charge >= 0.3 is 0 Å². The van der Waals surface area contributed by atoms with E-state index in [1.165, 1.54) is 0 Å². The lowest BCUT2D eigenvalue weighted by atomic mass is 9.99. The van der Waals surface area contributed by atoms with Crippen molar-refractivity contribution in [3.8, 4) is 5.75 Å². The van der Waals surface area contributed by atoms with E-state index in [-0.39, 0.29) is 16.8 Å². The molecule has 0 fully saturated rings. The van der Waals surface area contributed by atoms with Crippen LogP contribution in [-0.2, 0) is 0 Å². The lowest BCUT2D eigenvalue weighted by Crippen LogP contribution is -2.22. The van der Waals surface area contributed by atoms with Crippen molar-refractivity contribution in [3.05, 3.63) is 86.7 Å². The molecule has 1 N–H and O–H groups in total. The predicted octanol–water partition coefficient (Wildman–Crippen LogP) is 4.15. The first-order chi connectivity index (χ1) is 13.0. The van der Waals surface area contributed by atoms with E-state index in [4.69, 9.17) is 20.8 Å². The van der Waals surface area contributed by atoms with E-state index >= 15 is 0 Å². The van der Waals surface area contributed by atoms with Gasteiger partial charge in [0.1, 0.15) is 17.9 Å². The molecule has 27 heavy (non-hydrogen) atoms. The molecule has 1 aliphatic heterocycles. The lowest BCUT2D eigenvalue weighted by Gasteiger charge is -2.13. The number of benzene rings is 2. The zero-order valence-corrected chi connectivity index (χ0v) is 15.3. The Labute approximate surface area is 160 Å². The van der Waals surface area contributed by atoms with Gasteiger partial charge < -0.3 is 14.5 Å². The summed E-state index contributed by atoms with van der Waals surface area (Å²) >= 11 is 6.17. The quantitative estimate of drug-likeness (QED) is 0.689. The van der Waals surface area contributed by atoms with Gasteiger partial charge in [0.2, 0.25) is 5.76 Å². The van der Waals surface area contributed by atoms with Gasteiger partial charge in [0.25, 0.3) is 5.91 Å². The fraction of sp³-hybridized carbons (Fsp3) is 0.143. The van der Waals surface area contributed by atoms with E-state index < -0.39 is 11.9 Å². The van der Waals surface area contributed by atoms with Crippen LogP contribution in [0.2, 0.25) is 5.02 Å². The molecule has 3 aromatic rings. The number of ether oxygens (including phenoxy) is 1. The van der Waals surface area contributed by atoms with Crippen LogP contribution in [0.4, 0.5) is 0 Å². The number of aryl methyl sites for hydroxylation is 1. The third kappa shape index (κ3) is 2.90. The molecular weight excluding hydrogens is 366 g/mol. The summed E-state index contributed by atoms with van der Waals surface area (Å²) in [6, 6.07) is 9.87. The minimum absolute atomic E-state index is 0.0386. The van der Waals surface area contributed by atoms with Crippen molar-refractivity contribution in [2.45, 2.75) is 13.0 Å². The lowest BCUT2D eigenvalue weighted by molar-refractivity contribution is 0.0938. The van der Waals surface area contributed by atoms with Crippen LogP contribution in [0.5, 0.6) is 5.75 Å². The van der Waals surface area contributed by atoms with Crippen molar-refractivity contribution in [1.82, 2.24) is 5.32 Å². The standard InChI is InChI=1S/C21H16ClNO4/c1-3-7-26-13-6-4-5-12(9-13)18-17-19(24)14-10-15(22)11(2)8-16(14)27-20(17)21(25)23-18/h3-6,8-10,18H,1,7H2,2H3,(H,23,25). The molecule has 1 amide bonds. The Morgan fingerprint density at radius 3 is 2.89 bits per heavy atom. The topological polar surface area (TPSA) is 68.5 Å². The fourth-order valence-electron chi connectivity index (χ4n) is 3.22. The molecule has 2 heterocycles. The molecule has 6 heteroatoms. The number of rotatable bonds is 4. The van der Waals surface area contributed by atoms with Gasteiger partial charge in [-0.1, -0.05) is 36.4 Å². The van der Waals surface area contributed by atoms with Crippen LogP contribution >= 0.6 is 11.6 Å². The monoisotopic (exact) mass is 381 g/mol. The predicted molar refractivity (Wildman–Crippen MR) is 104 cm³/mol. The van der Waals surface area contributed by atoms with Crippen LogP contribution in [0, 0.1) is 6.92 Å². The number of hydrogen-bond donors (Lipinski definition) is 1. The molecule has 0 bridgehead atoms. The second kappa shape index (κ2) is 6.59. The summed E-state index contributed by atoms with van der Waals surface area (Å²) in [6.45, 7) is 5.80. The van der Waals surface area contributed by atoms with E-state index in [2.05, 4.69) is 11.9 Å². The van der Waals surface area contributed by atoms with E-state index in [0.29, 0.717) is 28.3 Å². The Kier molecular flexibility index (Phi) is 4.24. The van der Waals surface area contributed by atoms with Gasteiger partial charge in [-0.3, -0.25) is 9.59 Å². The number of fused-ring (bicyclic) bond motifs is 2. The summed E-state index contributed by atoms with van der Waals surface area (Å²) in [6.07, 6.45) is 1.64. The molecule has 2 aromatic carbocycles. The number of hydrogen-bond acceptors (Lipinski definition) is 4. The third-order valence-electron chi connectivity index (χ3n) is 4.54. The highest BCUT2D eigenvalue weighted by molar-refractivity contribution is 6.32. The van der Waals surface area contributed by atoms with Crippen LogP contribution in [-0.4, -0.2) is 12.5 Å². The minimum Gasteiger partial charge on any atom is -0.490 e. The summed E-state index contributed by atoms with van der Waals surface area (Å²) in [4.78, 5) is 25.6. The molecule has 136 valence electrons. The molecule has 0 saturated heterocycles. The average Bonchev–Trinajstić information content (AvgIpc) is 2.99. The summed E-state index contributed by atoms with van der Waals surface area (Å²) in [5, 5.41) is 3.65. The molecule has 0 radical (unpaired) electrons. The molecule has 1 atom stereocenters. The molecular formula is C21H16ClNO4. The normalized spacial score (nSPS) is 15.5. The number of carbonyl (C=O) groups excluding carboxylic acids is 1. The van der Waals surface area contributed by atoms with Crippen LogP contribution < -0.4 is 15.5 Å². The highest BCUT2D eigenvalue weighted by Gasteiger charge is 2.36. The summed E-state index contributed by atoms with van der Waals surface area (Å²) in [7, 11) is 0. The fourth-order valence-corrected chi connectivity index (χ4v) is 3.38. The summed E-state index contributed by atoms with van der Waals surface area (Å²) < 4.78 is 11.3. The number of nitrogens with one attached hydrogen (secondary N) is 1. The van der Waals surface area contributed by atoms with Crippen LogP contribution in [0.3, 0.4) is 0 Å². The van der Waals surface area contributed by atoms with Crippen molar-refractivity contribution >= 4 is 28.5 Å². The maximum atomic E-state index is 13.1. The molecule has 0 aliphatic carbocycles. The Morgan fingerprint density at radius 1 is 1.30 bits per heavy atom. The number of amides is 1. The van der Waals surface area contributed by atoms with Gasteiger partial charge in [0, 0.05) is 5.02 Å². The summed E-state index contributed by atoms with van der Waals surface area (Å²) in [5.41, 5.74) is 1.87. The number of halogens is 1. The third-order valence-corrected chi connectivity index (χ3v) is 4.94. The first-order valence-electron chi connectivity index (χ1n) is 8.41. The van der Waals surface area contributed by atoms with Crippen molar-refractivity contribution < 1.29 is 13.9 Å². The zero-order valence-electron chi connectivity index (χ0n) is 14.5. The SMILES string of the molecule is C=CCOc1cccc(C2NC(=O)c3oc4cc(C)c(Cl)cc4c(=O)c32)c1. The summed E-state index contributed by atoms with van der Waals surface area (Å²) in [5.74, 6) is 0.245. The molecule has 0 spiro atoms. The molecule has 1 aliphatic rings. The van der Waals surface area contributed by atoms with Crippen molar-refractivity contribution in [3.63, 3.8) is 0 Å². The zero-order chi connectivity index (χ0) is 19.1. The van der Waals surface area contributed by atoms with Crippen LogP contribution in [0.15, 0.2) is 58.3 Å². The minimum atomic E-state index is -0.611. The van der Waals surface area contributed by atoms with Gasteiger partial charge in [0.15, 0.2) is 5.43 Å². The maximum Gasteiger partial charge on any atom is 0.288 e. The average molecular weight is 382 g/mol. The van der Waals surface area contributed by atoms with E-state index in [9.17, 15) is 9.59 Å². The molecule has 4 rings (SSSR count). The van der Waals surface area contributed by atoms with Crippen molar-refractivity contribution in [1.29, 1.82) is 0 Å². The Hall–Kier alpha value is -3.05. The van der Waals surface area contributed by atoms with Crippen LogP contribution in [0.25, 0.3) is 11.0 Å². The van der Waals surface area contributed by atoms with Gasteiger partial charge in [-0.2, -0.15) is 0 Å². The van der Waals surface area contributed by atoms with Crippen molar-refractivity contribution in [2.24, 2.45) is 0 Å². The highest BCUT2D eigenvalue weighted by atomic mass is 35.5. The highest BCUT2D eigenvalue weighted by Crippen LogP contribution is 2.33. The Balaban J connectivity index is 1.88. The van der Waals surface area contributed by atoms with E-state index in [1.807, 2.05) is 13.0 Å². The van der Waals surface area contributed by atoms with Gasteiger partial charge in [-0.15, -0.1) is 0 Å². The smallest absolute Gasteiger partial charge is 0.288 e.